The second-order valence-electron chi connectivity index (χ2n) is 4.76. The van der Waals surface area contributed by atoms with Gasteiger partial charge in [0.1, 0.15) is 5.82 Å². The quantitative estimate of drug-likeness (QED) is 0.871. The fraction of sp³-hybridized carbons (Fsp3) is 0.400. The van der Waals surface area contributed by atoms with Gasteiger partial charge in [-0.05, 0) is 49.2 Å². The van der Waals surface area contributed by atoms with E-state index in [4.69, 9.17) is 0 Å². The number of nitrogens with zero attached hydrogens (tertiary/aromatic N) is 2. The molecule has 0 fully saturated rings. The molecular formula is C15H19BrFN3. The van der Waals surface area contributed by atoms with E-state index in [1.165, 1.54) is 11.8 Å². The van der Waals surface area contributed by atoms with Gasteiger partial charge in [-0.25, -0.2) is 4.39 Å². The van der Waals surface area contributed by atoms with Crippen molar-refractivity contribution in [1.29, 1.82) is 0 Å². The van der Waals surface area contributed by atoms with Gasteiger partial charge in [0.05, 0.1) is 0 Å². The maximum Gasteiger partial charge on any atom is 0.123 e. The SMILES string of the molecule is CCNC(CCc1ccnn1C)c1cc(F)ccc1Br. The summed E-state index contributed by atoms with van der Waals surface area (Å²) >= 11 is 3.51. The zero-order chi connectivity index (χ0) is 14.5. The zero-order valence-corrected chi connectivity index (χ0v) is 13.3. The summed E-state index contributed by atoms with van der Waals surface area (Å²) in [5, 5.41) is 7.59. The van der Waals surface area contributed by atoms with Crippen LogP contribution in [0, 0.1) is 5.82 Å². The number of benzene rings is 1. The first-order chi connectivity index (χ1) is 9.61. The Bertz CT molecular complexity index is 568. The third-order valence-electron chi connectivity index (χ3n) is 3.40. The van der Waals surface area contributed by atoms with Crippen LogP contribution in [0.4, 0.5) is 4.39 Å². The normalized spacial score (nSPS) is 12.6. The van der Waals surface area contributed by atoms with E-state index in [2.05, 4.69) is 33.3 Å². The molecule has 2 aromatic rings. The molecule has 2 rings (SSSR count). The Hall–Kier alpha value is -1.20. The maximum absolute atomic E-state index is 13.5. The van der Waals surface area contributed by atoms with Gasteiger partial charge in [-0.2, -0.15) is 5.10 Å². The molecule has 0 bridgehead atoms. The first-order valence-corrected chi connectivity index (χ1v) is 7.56. The van der Waals surface area contributed by atoms with Crippen molar-refractivity contribution in [2.45, 2.75) is 25.8 Å². The summed E-state index contributed by atoms with van der Waals surface area (Å²) in [7, 11) is 1.94. The molecule has 0 radical (unpaired) electrons. The average molecular weight is 340 g/mol. The molecule has 0 spiro atoms. The largest absolute Gasteiger partial charge is 0.310 e. The average Bonchev–Trinajstić information content (AvgIpc) is 2.83. The minimum absolute atomic E-state index is 0.125. The molecule has 20 heavy (non-hydrogen) atoms. The number of hydrogen-bond acceptors (Lipinski definition) is 2. The van der Waals surface area contributed by atoms with E-state index in [-0.39, 0.29) is 11.9 Å². The van der Waals surface area contributed by atoms with Crippen LogP contribution in [0.5, 0.6) is 0 Å². The second kappa shape index (κ2) is 6.99. The van der Waals surface area contributed by atoms with Crippen LogP contribution in [-0.4, -0.2) is 16.3 Å². The molecule has 108 valence electrons. The van der Waals surface area contributed by atoms with Gasteiger partial charge < -0.3 is 5.32 Å². The Balaban J connectivity index is 2.14. The number of nitrogens with one attached hydrogen (secondary N) is 1. The van der Waals surface area contributed by atoms with Gasteiger partial charge in [-0.1, -0.05) is 22.9 Å². The summed E-state index contributed by atoms with van der Waals surface area (Å²) in [6.45, 7) is 2.91. The smallest absolute Gasteiger partial charge is 0.123 e. The standard InChI is InChI=1S/C15H19BrFN3/c1-3-18-15(7-5-12-8-9-19-20(12)2)13-10-11(17)4-6-14(13)16/h4,6,8-10,15,18H,3,5,7H2,1-2H3. The van der Waals surface area contributed by atoms with Crippen molar-refractivity contribution >= 4 is 15.9 Å². The van der Waals surface area contributed by atoms with Crippen LogP contribution in [0.15, 0.2) is 34.9 Å². The van der Waals surface area contributed by atoms with E-state index in [0.29, 0.717) is 0 Å². The molecule has 1 unspecified atom stereocenters. The van der Waals surface area contributed by atoms with Crippen molar-refractivity contribution in [3.8, 4) is 0 Å². The third kappa shape index (κ3) is 3.67. The first kappa shape index (κ1) is 15.2. The van der Waals surface area contributed by atoms with Crippen LogP contribution in [0.2, 0.25) is 0 Å². The highest BCUT2D eigenvalue weighted by molar-refractivity contribution is 9.10. The van der Waals surface area contributed by atoms with Crippen LogP contribution < -0.4 is 5.32 Å². The van der Waals surface area contributed by atoms with Crippen molar-refractivity contribution in [3.05, 3.63) is 52.0 Å². The lowest BCUT2D eigenvalue weighted by atomic mass is 10.0. The number of aromatic nitrogens is 2. The van der Waals surface area contributed by atoms with Gasteiger partial charge in [-0.15, -0.1) is 0 Å². The maximum atomic E-state index is 13.5. The zero-order valence-electron chi connectivity index (χ0n) is 11.7. The molecule has 0 amide bonds. The lowest BCUT2D eigenvalue weighted by Gasteiger charge is -2.20. The predicted molar refractivity (Wildman–Crippen MR) is 82.0 cm³/mol. The summed E-state index contributed by atoms with van der Waals surface area (Å²) in [6.07, 6.45) is 3.60. The minimum Gasteiger partial charge on any atom is -0.310 e. The second-order valence-corrected chi connectivity index (χ2v) is 5.62. The summed E-state index contributed by atoms with van der Waals surface area (Å²) in [5.41, 5.74) is 2.15. The predicted octanol–water partition coefficient (Wildman–Crippen LogP) is 3.61. The summed E-state index contributed by atoms with van der Waals surface area (Å²) in [4.78, 5) is 0. The van der Waals surface area contributed by atoms with Crippen LogP contribution in [0.3, 0.4) is 0 Å². The van der Waals surface area contributed by atoms with E-state index in [1.54, 1.807) is 18.3 Å². The molecule has 1 heterocycles. The van der Waals surface area contributed by atoms with Gasteiger partial charge in [0.2, 0.25) is 0 Å². The lowest BCUT2D eigenvalue weighted by molar-refractivity contribution is 0.500. The van der Waals surface area contributed by atoms with Crippen LogP contribution >= 0.6 is 15.9 Å². The fourth-order valence-corrected chi connectivity index (χ4v) is 2.86. The molecule has 1 aromatic heterocycles. The first-order valence-electron chi connectivity index (χ1n) is 6.77. The summed E-state index contributed by atoms with van der Waals surface area (Å²) in [5.74, 6) is -0.202. The van der Waals surface area contributed by atoms with E-state index in [1.807, 2.05) is 17.8 Å². The highest BCUT2D eigenvalue weighted by atomic mass is 79.9. The molecule has 1 aromatic carbocycles. The van der Waals surface area contributed by atoms with Crippen molar-refractivity contribution < 1.29 is 4.39 Å². The lowest BCUT2D eigenvalue weighted by Crippen LogP contribution is -2.22. The summed E-state index contributed by atoms with van der Waals surface area (Å²) < 4.78 is 16.3. The van der Waals surface area contributed by atoms with E-state index < -0.39 is 0 Å². The minimum atomic E-state index is -0.202. The molecule has 0 aliphatic carbocycles. The van der Waals surface area contributed by atoms with E-state index in [0.717, 1.165) is 29.4 Å². The van der Waals surface area contributed by atoms with Gasteiger partial charge >= 0.3 is 0 Å². The third-order valence-corrected chi connectivity index (χ3v) is 4.12. The Morgan fingerprint density at radius 2 is 2.20 bits per heavy atom. The van der Waals surface area contributed by atoms with Gasteiger partial charge in [-0.3, -0.25) is 4.68 Å². The molecule has 1 atom stereocenters. The Morgan fingerprint density at radius 3 is 2.85 bits per heavy atom. The number of rotatable bonds is 6. The monoisotopic (exact) mass is 339 g/mol. The number of halogens is 2. The number of aryl methyl sites for hydroxylation is 2. The Morgan fingerprint density at radius 1 is 1.40 bits per heavy atom. The highest BCUT2D eigenvalue weighted by Gasteiger charge is 2.15. The molecule has 5 heteroatoms. The Kier molecular flexibility index (Phi) is 5.31. The molecule has 1 N–H and O–H groups in total. The van der Waals surface area contributed by atoms with Gasteiger partial charge in [0.15, 0.2) is 0 Å². The molecule has 0 aliphatic rings. The topological polar surface area (TPSA) is 29.9 Å². The van der Waals surface area contributed by atoms with Crippen molar-refractivity contribution in [3.63, 3.8) is 0 Å². The van der Waals surface area contributed by atoms with E-state index >= 15 is 0 Å². The molecule has 0 saturated carbocycles. The van der Waals surface area contributed by atoms with E-state index in [9.17, 15) is 4.39 Å². The molecule has 0 saturated heterocycles. The Labute approximate surface area is 127 Å². The molecule has 3 nitrogen and oxygen atoms in total. The summed E-state index contributed by atoms with van der Waals surface area (Å²) in [6, 6.07) is 6.97. The van der Waals surface area contributed by atoms with Crippen LogP contribution in [0.25, 0.3) is 0 Å². The van der Waals surface area contributed by atoms with Crippen molar-refractivity contribution in [2.75, 3.05) is 6.54 Å². The molecular weight excluding hydrogens is 321 g/mol. The van der Waals surface area contributed by atoms with Crippen molar-refractivity contribution in [2.24, 2.45) is 7.05 Å². The van der Waals surface area contributed by atoms with Gasteiger partial charge in [0, 0.05) is 29.5 Å². The van der Waals surface area contributed by atoms with Gasteiger partial charge in [0.25, 0.3) is 0 Å². The van der Waals surface area contributed by atoms with Crippen molar-refractivity contribution in [1.82, 2.24) is 15.1 Å². The molecule has 0 aliphatic heterocycles. The van der Waals surface area contributed by atoms with Crippen LogP contribution in [0.1, 0.15) is 30.6 Å². The van der Waals surface area contributed by atoms with Crippen LogP contribution in [-0.2, 0) is 13.5 Å². The fourth-order valence-electron chi connectivity index (χ4n) is 2.33. The number of hydrogen-bond donors (Lipinski definition) is 1. The highest BCUT2D eigenvalue weighted by Crippen LogP contribution is 2.27.